The number of rotatable bonds is 3. The predicted molar refractivity (Wildman–Crippen MR) is 90.3 cm³/mol. The molecule has 0 radical (unpaired) electrons. The number of hydrogen-bond acceptors (Lipinski definition) is 3. The molecule has 1 aliphatic heterocycles. The summed E-state index contributed by atoms with van der Waals surface area (Å²) >= 11 is 11.1. The molecule has 0 saturated carbocycles. The van der Waals surface area contributed by atoms with Crippen LogP contribution in [-0.2, 0) is 0 Å². The molecule has 1 aliphatic rings. The first-order valence-electron chi connectivity index (χ1n) is 6.73. The van der Waals surface area contributed by atoms with E-state index in [9.17, 15) is 0 Å². The summed E-state index contributed by atoms with van der Waals surface area (Å²) in [5.41, 5.74) is 8.60. The number of nitrogens with two attached hydrogens (primary N) is 1. The predicted octanol–water partition coefficient (Wildman–Crippen LogP) is 3.91. The average Bonchev–Trinajstić information content (AvgIpc) is 2.49. The van der Waals surface area contributed by atoms with Gasteiger partial charge in [-0.1, -0.05) is 42.0 Å². The smallest absolute Gasteiger partial charge is 0.124 e. The lowest BCUT2D eigenvalue weighted by atomic mass is 9.99. The molecule has 0 amide bonds. The highest BCUT2D eigenvalue weighted by atomic mass is 35.5. The van der Waals surface area contributed by atoms with Crippen LogP contribution in [-0.4, -0.2) is 11.6 Å². The van der Waals surface area contributed by atoms with Crippen LogP contribution in [0.2, 0.25) is 5.02 Å². The summed E-state index contributed by atoms with van der Waals surface area (Å²) in [5.74, 6) is 0.923. The zero-order valence-corrected chi connectivity index (χ0v) is 12.9. The minimum absolute atomic E-state index is 0.171. The van der Waals surface area contributed by atoms with Gasteiger partial charge in [0.1, 0.15) is 10.7 Å². The van der Waals surface area contributed by atoms with Crippen LogP contribution in [0.1, 0.15) is 23.6 Å². The molecule has 1 atom stereocenters. The second kappa shape index (κ2) is 5.92. The molecule has 0 fully saturated rings. The van der Waals surface area contributed by atoms with Gasteiger partial charge < -0.3 is 15.8 Å². The maximum absolute atomic E-state index is 6.02. The van der Waals surface area contributed by atoms with Crippen molar-refractivity contribution < 1.29 is 4.74 Å². The Balaban J connectivity index is 1.93. The number of thiocarbonyl (C=S) groups is 1. The zero-order valence-electron chi connectivity index (χ0n) is 11.3. The van der Waals surface area contributed by atoms with Gasteiger partial charge in [0.15, 0.2) is 0 Å². The zero-order chi connectivity index (χ0) is 14.8. The van der Waals surface area contributed by atoms with E-state index in [1.165, 1.54) is 0 Å². The van der Waals surface area contributed by atoms with Gasteiger partial charge in [-0.3, -0.25) is 0 Å². The number of nitrogens with one attached hydrogen (secondary N) is 1. The quantitative estimate of drug-likeness (QED) is 0.842. The highest BCUT2D eigenvalue weighted by Gasteiger charge is 2.21. The second-order valence-corrected chi connectivity index (χ2v) is 5.80. The molecule has 0 aromatic heterocycles. The standard InChI is InChI=1S/C16H15ClN2OS/c17-10-5-6-13(12(9-10)16(18)21)19-14-7-8-20-15-4-2-1-3-11(14)15/h1-6,9,14,19H,7-8H2,(H2,18,21). The molecule has 108 valence electrons. The maximum Gasteiger partial charge on any atom is 0.124 e. The molecule has 0 bridgehead atoms. The van der Waals surface area contributed by atoms with Crippen molar-refractivity contribution in [2.75, 3.05) is 11.9 Å². The lowest BCUT2D eigenvalue weighted by Crippen LogP contribution is -2.22. The van der Waals surface area contributed by atoms with Crippen LogP contribution in [0.4, 0.5) is 5.69 Å². The molecule has 3 rings (SSSR count). The van der Waals surface area contributed by atoms with Gasteiger partial charge in [0.05, 0.1) is 12.6 Å². The summed E-state index contributed by atoms with van der Waals surface area (Å²) in [6, 6.07) is 13.7. The van der Waals surface area contributed by atoms with Crippen molar-refractivity contribution in [3.05, 3.63) is 58.6 Å². The van der Waals surface area contributed by atoms with Crippen molar-refractivity contribution in [2.24, 2.45) is 5.73 Å². The summed E-state index contributed by atoms with van der Waals surface area (Å²) in [6.45, 7) is 0.685. The minimum Gasteiger partial charge on any atom is -0.493 e. The van der Waals surface area contributed by atoms with Gasteiger partial charge >= 0.3 is 0 Å². The normalized spacial score (nSPS) is 16.7. The van der Waals surface area contributed by atoms with E-state index in [-0.39, 0.29) is 6.04 Å². The highest BCUT2D eigenvalue weighted by molar-refractivity contribution is 7.80. The molecular formula is C16H15ClN2OS. The largest absolute Gasteiger partial charge is 0.493 e. The van der Waals surface area contributed by atoms with Gasteiger partial charge in [0.2, 0.25) is 0 Å². The molecule has 2 aromatic rings. The number of halogens is 1. The molecular weight excluding hydrogens is 304 g/mol. The van der Waals surface area contributed by atoms with Gasteiger partial charge in [0.25, 0.3) is 0 Å². The Kier molecular flexibility index (Phi) is 3.99. The Bertz CT molecular complexity index is 690. The first-order valence-corrected chi connectivity index (χ1v) is 7.51. The van der Waals surface area contributed by atoms with E-state index in [1.807, 2.05) is 30.3 Å². The fourth-order valence-electron chi connectivity index (χ4n) is 2.53. The van der Waals surface area contributed by atoms with E-state index < -0.39 is 0 Å². The van der Waals surface area contributed by atoms with Crippen LogP contribution in [0.3, 0.4) is 0 Å². The first-order chi connectivity index (χ1) is 10.1. The van der Waals surface area contributed by atoms with Crippen molar-refractivity contribution in [1.29, 1.82) is 0 Å². The van der Waals surface area contributed by atoms with Crippen molar-refractivity contribution in [1.82, 2.24) is 0 Å². The Hall–Kier alpha value is -1.78. The van der Waals surface area contributed by atoms with Crippen molar-refractivity contribution >= 4 is 34.5 Å². The second-order valence-electron chi connectivity index (χ2n) is 4.93. The molecule has 5 heteroatoms. The molecule has 0 aliphatic carbocycles. The summed E-state index contributed by atoms with van der Waals surface area (Å²) in [4.78, 5) is 0.334. The van der Waals surface area contributed by atoms with Crippen molar-refractivity contribution in [2.45, 2.75) is 12.5 Å². The van der Waals surface area contributed by atoms with Crippen LogP contribution in [0.15, 0.2) is 42.5 Å². The summed E-state index contributed by atoms with van der Waals surface area (Å²) in [7, 11) is 0. The van der Waals surface area contributed by atoms with E-state index in [2.05, 4.69) is 11.4 Å². The molecule has 3 N–H and O–H groups in total. The van der Waals surface area contributed by atoms with Crippen molar-refractivity contribution in [3.63, 3.8) is 0 Å². The maximum atomic E-state index is 6.02. The Labute approximate surface area is 134 Å². The molecule has 3 nitrogen and oxygen atoms in total. The highest BCUT2D eigenvalue weighted by Crippen LogP contribution is 2.35. The monoisotopic (exact) mass is 318 g/mol. The summed E-state index contributed by atoms with van der Waals surface area (Å²) in [6.07, 6.45) is 0.885. The number of anilines is 1. The van der Waals surface area contributed by atoms with E-state index >= 15 is 0 Å². The van der Waals surface area contributed by atoms with Crippen LogP contribution in [0, 0.1) is 0 Å². The molecule has 2 aromatic carbocycles. The van der Waals surface area contributed by atoms with Crippen LogP contribution < -0.4 is 15.8 Å². The third-order valence-corrected chi connectivity index (χ3v) is 3.99. The lowest BCUT2D eigenvalue weighted by Gasteiger charge is -2.28. The SMILES string of the molecule is NC(=S)c1cc(Cl)ccc1NC1CCOc2ccccc21. The number of benzene rings is 2. The Morgan fingerprint density at radius 2 is 2.10 bits per heavy atom. The van der Waals surface area contributed by atoms with Gasteiger partial charge in [-0.15, -0.1) is 0 Å². The third kappa shape index (κ3) is 2.96. The molecule has 21 heavy (non-hydrogen) atoms. The third-order valence-electron chi connectivity index (χ3n) is 3.54. The van der Waals surface area contributed by atoms with E-state index in [0.717, 1.165) is 29.0 Å². The Morgan fingerprint density at radius 3 is 2.90 bits per heavy atom. The number of fused-ring (bicyclic) bond motifs is 1. The van der Waals surface area contributed by atoms with Crippen LogP contribution in [0.5, 0.6) is 5.75 Å². The van der Waals surface area contributed by atoms with Gasteiger partial charge in [-0.25, -0.2) is 0 Å². The summed E-state index contributed by atoms with van der Waals surface area (Å²) in [5, 5.41) is 4.13. The fourth-order valence-corrected chi connectivity index (χ4v) is 2.87. The fraction of sp³-hybridized carbons (Fsp3) is 0.188. The molecule has 1 unspecified atom stereocenters. The molecule has 1 heterocycles. The average molecular weight is 319 g/mol. The molecule has 0 spiro atoms. The van der Waals surface area contributed by atoms with E-state index in [4.69, 9.17) is 34.3 Å². The van der Waals surface area contributed by atoms with Crippen LogP contribution in [0.25, 0.3) is 0 Å². The summed E-state index contributed by atoms with van der Waals surface area (Å²) < 4.78 is 5.68. The Morgan fingerprint density at radius 1 is 1.29 bits per heavy atom. The lowest BCUT2D eigenvalue weighted by molar-refractivity contribution is 0.274. The minimum atomic E-state index is 0.171. The number of hydrogen-bond donors (Lipinski definition) is 2. The van der Waals surface area contributed by atoms with E-state index in [0.29, 0.717) is 16.6 Å². The van der Waals surface area contributed by atoms with E-state index in [1.54, 1.807) is 6.07 Å². The molecule has 0 saturated heterocycles. The van der Waals surface area contributed by atoms with Gasteiger partial charge in [-0.2, -0.15) is 0 Å². The van der Waals surface area contributed by atoms with Gasteiger partial charge in [-0.05, 0) is 24.3 Å². The number of para-hydroxylation sites is 1. The first kappa shape index (κ1) is 14.2. The van der Waals surface area contributed by atoms with Crippen LogP contribution >= 0.6 is 23.8 Å². The topological polar surface area (TPSA) is 47.3 Å². The number of ether oxygens (including phenoxy) is 1. The van der Waals surface area contributed by atoms with Crippen molar-refractivity contribution in [3.8, 4) is 5.75 Å². The van der Waals surface area contributed by atoms with Gasteiger partial charge in [0, 0.05) is 28.3 Å².